The van der Waals surface area contributed by atoms with Crippen LogP contribution >= 0.6 is 23.4 Å². The Bertz CT molecular complexity index is 675. The number of aromatic nitrogens is 1. The summed E-state index contributed by atoms with van der Waals surface area (Å²) in [6.45, 7) is 0. The zero-order chi connectivity index (χ0) is 15.9. The summed E-state index contributed by atoms with van der Waals surface area (Å²) in [7, 11) is 0. The van der Waals surface area contributed by atoms with Gasteiger partial charge in [-0.3, -0.25) is 10.1 Å². The summed E-state index contributed by atoms with van der Waals surface area (Å²) in [5, 5.41) is 2.63. The molecular formula is C14H14ClN3O3S. The fraction of sp³-hybridized carbons (Fsp3) is 0.214. The molecule has 6 nitrogen and oxygen atoms in total. The van der Waals surface area contributed by atoms with Crippen molar-refractivity contribution in [3.63, 3.8) is 0 Å². The van der Waals surface area contributed by atoms with Crippen molar-refractivity contribution in [2.75, 3.05) is 5.75 Å². The Morgan fingerprint density at radius 2 is 2.23 bits per heavy atom. The first-order valence-corrected chi connectivity index (χ1v) is 7.95. The summed E-state index contributed by atoms with van der Waals surface area (Å²) in [5.41, 5.74) is 6.43. The SMILES string of the molecule is NC(=O)NC(=O)CCSCc1coc(-c2cccc(Cl)c2)n1. The van der Waals surface area contributed by atoms with E-state index in [1.807, 2.05) is 17.4 Å². The van der Waals surface area contributed by atoms with Crippen molar-refractivity contribution in [3.8, 4) is 11.5 Å². The van der Waals surface area contributed by atoms with E-state index in [1.165, 1.54) is 11.8 Å². The smallest absolute Gasteiger partial charge is 0.318 e. The second-order valence-corrected chi connectivity index (χ2v) is 5.91. The van der Waals surface area contributed by atoms with Crippen LogP contribution in [0.1, 0.15) is 12.1 Å². The first kappa shape index (κ1) is 16.4. The number of nitrogens with two attached hydrogens (primary N) is 1. The highest BCUT2D eigenvalue weighted by atomic mass is 35.5. The van der Waals surface area contributed by atoms with Crippen LogP contribution in [0.25, 0.3) is 11.5 Å². The predicted octanol–water partition coefficient (Wildman–Crippen LogP) is 2.81. The van der Waals surface area contributed by atoms with Crippen molar-refractivity contribution in [2.45, 2.75) is 12.2 Å². The highest BCUT2D eigenvalue weighted by Crippen LogP contribution is 2.23. The van der Waals surface area contributed by atoms with Crippen molar-refractivity contribution in [3.05, 3.63) is 41.2 Å². The highest BCUT2D eigenvalue weighted by Gasteiger charge is 2.08. The van der Waals surface area contributed by atoms with Crippen LogP contribution in [-0.2, 0) is 10.5 Å². The summed E-state index contributed by atoms with van der Waals surface area (Å²) < 4.78 is 5.41. The summed E-state index contributed by atoms with van der Waals surface area (Å²) >= 11 is 7.44. The molecule has 0 radical (unpaired) electrons. The second-order valence-electron chi connectivity index (χ2n) is 4.37. The van der Waals surface area contributed by atoms with Crippen LogP contribution in [0.5, 0.6) is 0 Å². The molecule has 0 atom stereocenters. The molecule has 1 aromatic heterocycles. The number of primary amides is 1. The first-order chi connectivity index (χ1) is 10.5. The minimum Gasteiger partial charge on any atom is -0.444 e. The number of benzene rings is 1. The topological polar surface area (TPSA) is 98.2 Å². The van der Waals surface area contributed by atoms with Gasteiger partial charge in [0.1, 0.15) is 6.26 Å². The number of halogens is 1. The Morgan fingerprint density at radius 3 is 2.95 bits per heavy atom. The predicted molar refractivity (Wildman–Crippen MR) is 85.5 cm³/mol. The van der Waals surface area contributed by atoms with Crippen LogP contribution < -0.4 is 11.1 Å². The van der Waals surface area contributed by atoms with E-state index in [4.69, 9.17) is 21.8 Å². The van der Waals surface area contributed by atoms with Gasteiger partial charge in [-0.05, 0) is 18.2 Å². The fourth-order valence-corrected chi connectivity index (χ4v) is 2.67. The van der Waals surface area contributed by atoms with Crippen LogP contribution in [-0.4, -0.2) is 22.7 Å². The van der Waals surface area contributed by atoms with Crippen molar-refractivity contribution >= 4 is 35.3 Å². The third-order valence-corrected chi connectivity index (χ3v) is 3.84. The van der Waals surface area contributed by atoms with Gasteiger partial charge < -0.3 is 10.2 Å². The van der Waals surface area contributed by atoms with E-state index in [0.717, 1.165) is 11.3 Å². The molecule has 1 heterocycles. The largest absolute Gasteiger partial charge is 0.444 e. The lowest BCUT2D eigenvalue weighted by Crippen LogP contribution is -2.35. The number of amides is 3. The van der Waals surface area contributed by atoms with Gasteiger partial charge >= 0.3 is 6.03 Å². The molecule has 8 heteroatoms. The molecule has 3 amide bonds. The Kier molecular flexibility index (Phi) is 5.85. The van der Waals surface area contributed by atoms with Gasteiger partial charge in [0.05, 0.1) is 5.69 Å². The molecule has 0 saturated heterocycles. The number of carbonyl (C=O) groups is 2. The maximum absolute atomic E-state index is 11.2. The van der Waals surface area contributed by atoms with Crippen molar-refractivity contribution in [1.29, 1.82) is 0 Å². The van der Waals surface area contributed by atoms with E-state index < -0.39 is 6.03 Å². The van der Waals surface area contributed by atoms with Crippen molar-refractivity contribution in [1.82, 2.24) is 10.3 Å². The van der Waals surface area contributed by atoms with Crippen molar-refractivity contribution < 1.29 is 14.0 Å². The van der Waals surface area contributed by atoms with Crippen molar-refractivity contribution in [2.24, 2.45) is 5.73 Å². The molecular weight excluding hydrogens is 326 g/mol. The number of rotatable bonds is 6. The number of hydrogen-bond donors (Lipinski definition) is 2. The molecule has 0 aliphatic carbocycles. The molecule has 116 valence electrons. The van der Waals surface area contributed by atoms with E-state index in [0.29, 0.717) is 22.4 Å². The van der Waals surface area contributed by atoms with E-state index in [2.05, 4.69) is 4.98 Å². The molecule has 2 aromatic rings. The van der Waals surface area contributed by atoms with Crippen LogP contribution in [0.3, 0.4) is 0 Å². The minimum absolute atomic E-state index is 0.215. The van der Waals surface area contributed by atoms with Gasteiger partial charge in [-0.25, -0.2) is 9.78 Å². The maximum Gasteiger partial charge on any atom is 0.318 e. The molecule has 0 saturated carbocycles. The van der Waals surface area contributed by atoms with E-state index >= 15 is 0 Å². The molecule has 0 spiro atoms. The molecule has 3 N–H and O–H groups in total. The molecule has 22 heavy (non-hydrogen) atoms. The summed E-state index contributed by atoms with van der Waals surface area (Å²) in [5.74, 6) is 1.27. The molecule has 0 aliphatic heterocycles. The van der Waals surface area contributed by atoms with Gasteiger partial charge in [-0.1, -0.05) is 17.7 Å². The average molecular weight is 340 g/mol. The monoisotopic (exact) mass is 339 g/mol. The fourth-order valence-electron chi connectivity index (χ4n) is 1.67. The second kappa shape index (κ2) is 7.86. The Hall–Kier alpha value is -1.99. The number of carbonyl (C=O) groups excluding carboxylic acids is 2. The van der Waals surface area contributed by atoms with Crippen LogP contribution in [0.4, 0.5) is 4.79 Å². The third kappa shape index (κ3) is 5.09. The van der Waals surface area contributed by atoms with E-state index in [9.17, 15) is 9.59 Å². The average Bonchev–Trinajstić information content (AvgIpc) is 2.92. The molecule has 0 fully saturated rings. The normalized spacial score (nSPS) is 10.4. The lowest BCUT2D eigenvalue weighted by atomic mass is 10.2. The minimum atomic E-state index is -0.835. The lowest BCUT2D eigenvalue weighted by molar-refractivity contribution is -0.119. The number of thioether (sulfide) groups is 1. The van der Waals surface area contributed by atoms with Gasteiger partial charge in [-0.15, -0.1) is 0 Å². The van der Waals surface area contributed by atoms with E-state index in [-0.39, 0.29) is 12.3 Å². The first-order valence-electron chi connectivity index (χ1n) is 6.42. The number of nitrogens with zero attached hydrogens (tertiary/aromatic N) is 1. The standard InChI is InChI=1S/C14H14ClN3O3S/c15-10-3-1-2-9(6-10)13-17-11(7-21-13)8-22-5-4-12(19)18-14(16)20/h1-3,6-7H,4-5,8H2,(H3,16,18,19,20). The summed E-state index contributed by atoms with van der Waals surface area (Å²) in [6.07, 6.45) is 1.79. The Balaban J connectivity index is 1.80. The Morgan fingerprint density at radius 1 is 1.41 bits per heavy atom. The number of imide groups is 1. The number of urea groups is 1. The number of hydrogen-bond acceptors (Lipinski definition) is 5. The quantitative estimate of drug-likeness (QED) is 0.788. The van der Waals surface area contributed by atoms with Gasteiger partial charge in [0.15, 0.2) is 0 Å². The maximum atomic E-state index is 11.2. The van der Waals surface area contributed by atoms with Gasteiger partial charge in [0.25, 0.3) is 0 Å². The number of nitrogens with one attached hydrogen (secondary N) is 1. The van der Waals surface area contributed by atoms with Gasteiger partial charge in [0.2, 0.25) is 11.8 Å². The Labute approximate surface area is 136 Å². The lowest BCUT2D eigenvalue weighted by Gasteiger charge is -2.00. The van der Waals surface area contributed by atoms with Crippen LogP contribution in [0.2, 0.25) is 5.02 Å². The number of oxazole rings is 1. The highest BCUT2D eigenvalue weighted by molar-refractivity contribution is 7.98. The molecule has 0 aliphatic rings. The van der Waals surface area contributed by atoms with Crippen LogP contribution in [0, 0.1) is 0 Å². The zero-order valence-electron chi connectivity index (χ0n) is 11.5. The van der Waals surface area contributed by atoms with E-state index in [1.54, 1.807) is 18.4 Å². The molecule has 0 unspecified atom stereocenters. The third-order valence-electron chi connectivity index (χ3n) is 2.61. The zero-order valence-corrected chi connectivity index (χ0v) is 13.1. The van der Waals surface area contributed by atoms with Gasteiger partial charge in [0, 0.05) is 28.5 Å². The molecule has 2 rings (SSSR count). The summed E-state index contributed by atoms with van der Waals surface area (Å²) in [4.78, 5) is 26.1. The van der Waals surface area contributed by atoms with Gasteiger partial charge in [-0.2, -0.15) is 11.8 Å². The molecule has 0 bridgehead atoms. The summed E-state index contributed by atoms with van der Waals surface area (Å²) in [6, 6.07) is 6.41. The van der Waals surface area contributed by atoms with Crippen LogP contribution in [0.15, 0.2) is 34.9 Å². The molecule has 1 aromatic carbocycles.